The Balaban J connectivity index is 1.36. The second-order valence-electron chi connectivity index (χ2n) is 10.8. The van der Waals surface area contributed by atoms with Crippen LogP contribution in [0.3, 0.4) is 0 Å². The quantitative estimate of drug-likeness (QED) is 0.300. The number of aromatic amines is 1. The van der Waals surface area contributed by atoms with Gasteiger partial charge < -0.3 is 14.8 Å². The second kappa shape index (κ2) is 8.61. The molecule has 0 spiro atoms. The van der Waals surface area contributed by atoms with Crippen molar-refractivity contribution in [3.05, 3.63) is 101 Å². The largest absolute Gasteiger partial charge is 0.465 e. The minimum Gasteiger partial charge on any atom is -0.465 e. The molecule has 1 amide bonds. The van der Waals surface area contributed by atoms with E-state index in [1.807, 2.05) is 45.0 Å². The highest BCUT2D eigenvalue weighted by Gasteiger charge is 2.49. The summed E-state index contributed by atoms with van der Waals surface area (Å²) in [5.41, 5.74) is 6.83. The first kappa shape index (κ1) is 24.0. The van der Waals surface area contributed by atoms with Crippen LogP contribution in [-0.4, -0.2) is 21.9 Å². The van der Waals surface area contributed by atoms with Crippen LogP contribution in [0.1, 0.15) is 61.9 Å². The molecule has 1 aliphatic carbocycles. The van der Waals surface area contributed by atoms with Crippen molar-refractivity contribution in [2.45, 2.75) is 50.9 Å². The number of hydrogen-bond donors (Lipinski definition) is 2. The van der Waals surface area contributed by atoms with Gasteiger partial charge in [-0.25, -0.2) is 9.69 Å². The number of aromatic nitrogens is 1. The van der Waals surface area contributed by atoms with Crippen molar-refractivity contribution >= 4 is 11.8 Å². The smallest absolute Gasteiger partial charge is 0.414 e. The number of ether oxygens (including phenoxy) is 1. The molecule has 6 rings (SSSR count). The molecule has 2 aliphatic rings. The lowest BCUT2D eigenvalue weighted by molar-refractivity contribution is -0.147. The van der Waals surface area contributed by atoms with E-state index < -0.39 is 17.4 Å². The topological polar surface area (TPSA) is 89.3 Å². The van der Waals surface area contributed by atoms with Crippen molar-refractivity contribution in [2.75, 3.05) is 4.90 Å². The summed E-state index contributed by atoms with van der Waals surface area (Å²) >= 11 is 0. The Morgan fingerprint density at radius 1 is 1.00 bits per heavy atom. The molecule has 3 aromatic carbocycles. The first-order valence-corrected chi connectivity index (χ1v) is 12.9. The molecule has 2 heterocycles. The van der Waals surface area contributed by atoms with Crippen LogP contribution in [-0.2, 0) is 10.3 Å². The van der Waals surface area contributed by atoms with Gasteiger partial charge in [0.15, 0.2) is 0 Å². The first-order valence-electron chi connectivity index (χ1n) is 12.9. The molecule has 0 saturated carbocycles. The summed E-state index contributed by atoms with van der Waals surface area (Å²) in [6.07, 6.45) is 0.229. The fourth-order valence-corrected chi connectivity index (χ4v) is 6.37. The number of anilines is 1. The van der Waals surface area contributed by atoms with E-state index in [1.165, 1.54) is 27.2 Å². The standard InChI is InChI=1S/C32H29N3O3/c1-31(2)27-18-20(28-14-13-21(19-33)34-28)12-15-29(27)35(30(36)37)32(3,38-31)17-16-26-24-10-6-4-8-22(24)23-9-5-7-11-25(23)26/h4-15,18,26,34H,16-17H2,1-3H3,(H,36,37). The van der Waals surface area contributed by atoms with Gasteiger partial charge >= 0.3 is 6.09 Å². The van der Waals surface area contributed by atoms with Gasteiger partial charge in [0.2, 0.25) is 0 Å². The molecule has 1 atom stereocenters. The van der Waals surface area contributed by atoms with Gasteiger partial charge in [-0.2, -0.15) is 5.26 Å². The molecular formula is C32H29N3O3. The van der Waals surface area contributed by atoms with Crippen LogP contribution in [0.2, 0.25) is 0 Å². The van der Waals surface area contributed by atoms with Gasteiger partial charge in [0.05, 0.1) is 11.3 Å². The first-order chi connectivity index (χ1) is 18.2. The van der Waals surface area contributed by atoms with E-state index in [9.17, 15) is 15.2 Å². The van der Waals surface area contributed by atoms with E-state index in [4.69, 9.17) is 4.74 Å². The van der Waals surface area contributed by atoms with Gasteiger partial charge in [0.25, 0.3) is 0 Å². The number of benzene rings is 3. The molecule has 190 valence electrons. The van der Waals surface area contributed by atoms with Crippen LogP contribution < -0.4 is 4.90 Å². The van der Waals surface area contributed by atoms with Crippen LogP contribution in [0.15, 0.2) is 78.9 Å². The maximum Gasteiger partial charge on any atom is 0.414 e. The number of carbonyl (C=O) groups is 1. The molecule has 0 bridgehead atoms. The van der Waals surface area contributed by atoms with E-state index in [2.05, 4.69) is 59.6 Å². The number of rotatable bonds is 4. The summed E-state index contributed by atoms with van der Waals surface area (Å²) in [6.45, 7) is 5.86. The molecule has 1 aliphatic heterocycles. The maximum atomic E-state index is 12.7. The number of fused-ring (bicyclic) bond motifs is 4. The number of hydrogen-bond acceptors (Lipinski definition) is 3. The summed E-state index contributed by atoms with van der Waals surface area (Å²) in [6, 6.07) is 28.4. The van der Waals surface area contributed by atoms with E-state index in [1.54, 1.807) is 6.07 Å². The highest BCUT2D eigenvalue weighted by atomic mass is 16.5. The molecule has 4 aromatic rings. The average molecular weight is 504 g/mol. The Labute approximate surface area is 222 Å². The number of nitriles is 1. The molecule has 38 heavy (non-hydrogen) atoms. The molecule has 2 N–H and O–H groups in total. The van der Waals surface area contributed by atoms with E-state index >= 15 is 0 Å². The number of H-pyrrole nitrogens is 1. The van der Waals surface area contributed by atoms with Crippen LogP contribution in [0, 0.1) is 11.3 Å². The van der Waals surface area contributed by atoms with Crippen molar-refractivity contribution in [1.82, 2.24) is 4.98 Å². The summed E-state index contributed by atoms with van der Waals surface area (Å²) in [5, 5.41) is 19.6. The molecule has 0 radical (unpaired) electrons. The number of carboxylic acid groups (broad SMARTS) is 1. The number of amides is 1. The highest BCUT2D eigenvalue weighted by Crippen LogP contribution is 2.51. The number of nitrogens with one attached hydrogen (secondary N) is 1. The normalized spacial score (nSPS) is 19.4. The summed E-state index contributed by atoms with van der Waals surface area (Å²) < 4.78 is 6.70. The van der Waals surface area contributed by atoms with Gasteiger partial charge in [-0.05, 0) is 85.7 Å². The summed E-state index contributed by atoms with van der Waals surface area (Å²) in [5.74, 6) is 0.174. The maximum absolute atomic E-state index is 12.7. The molecule has 1 aromatic heterocycles. The third-order valence-corrected chi connectivity index (χ3v) is 8.00. The summed E-state index contributed by atoms with van der Waals surface area (Å²) in [7, 11) is 0. The fourth-order valence-electron chi connectivity index (χ4n) is 6.37. The zero-order chi connectivity index (χ0) is 26.7. The lowest BCUT2D eigenvalue weighted by atomic mass is 9.85. The number of nitrogens with zero attached hydrogens (tertiary/aromatic N) is 2. The van der Waals surface area contributed by atoms with Crippen LogP contribution in [0.4, 0.5) is 10.5 Å². The Morgan fingerprint density at radius 2 is 1.66 bits per heavy atom. The van der Waals surface area contributed by atoms with Crippen molar-refractivity contribution in [3.63, 3.8) is 0 Å². The van der Waals surface area contributed by atoms with E-state index in [0.29, 0.717) is 17.8 Å². The van der Waals surface area contributed by atoms with E-state index in [0.717, 1.165) is 23.2 Å². The third kappa shape index (κ3) is 3.70. The molecular weight excluding hydrogens is 474 g/mol. The van der Waals surface area contributed by atoms with Gasteiger partial charge in [0, 0.05) is 17.2 Å². The minimum absolute atomic E-state index is 0.174. The minimum atomic E-state index is -1.06. The highest BCUT2D eigenvalue weighted by molar-refractivity contribution is 5.90. The Morgan fingerprint density at radius 3 is 2.26 bits per heavy atom. The van der Waals surface area contributed by atoms with Gasteiger partial charge in [-0.1, -0.05) is 54.6 Å². The average Bonchev–Trinajstić information content (AvgIpc) is 3.50. The third-order valence-electron chi connectivity index (χ3n) is 8.00. The van der Waals surface area contributed by atoms with Crippen molar-refractivity contribution in [3.8, 4) is 28.5 Å². The van der Waals surface area contributed by atoms with Crippen molar-refractivity contribution in [1.29, 1.82) is 5.26 Å². The summed E-state index contributed by atoms with van der Waals surface area (Å²) in [4.78, 5) is 17.2. The van der Waals surface area contributed by atoms with Gasteiger partial charge in [-0.15, -0.1) is 0 Å². The zero-order valence-electron chi connectivity index (χ0n) is 21.7. The Kier molecular flexibility index (Phi) is 5.44. The lowest BCUT2D eigenvalue weighted by Gasteiger charge is -2.50. The second-order valence-corrected chi connectivity index (χ2v) is 10.8. The molecule has 1 unspecified atom stereocenters. The monoisotopic (exact) mass is 503 g/mol. The SMILES string of the molecule is CC1(C)OC(C)(CCC2c3ccccc3-c3ccccc32)N(C(=O)O)c2ccc(-c3ccc(C#N)[nH]3)cc21. The van der Waals surface area contributed by atoms with E-state index in [-0.39, 0.29) is 5.92 Å². The van der Waals surface area contributed by atoms with Crippen molar-refractivity contribution < 1.29 is 14.6 Å². The molecule has 0 saturated heterocycles. The molecule has 6 nitrogen and oxygen atoms in total. The van der Waals surface area contributed by atoms with Crippen LogP contribution in [0.25, 0.3) is 22.4 Å². The van der Waals surface area contributed by atoms with Crippen LogP contribution in [0.5, 0.6) is 0 Å². The van der Waals surface area contributed by atoms with Gasteiger partial charge in [-0.3, -0.25) is 0 Å². The predicted octanol–water partition coefficient (Wildman–Crippen LogP) is 7.61. The Bertz CT molecular complexity index is 1570. The lowest BCUT2D eigenvalue weighted by Crippen LogP contribution is -2.58. The molecule has 0 fully saturated rings. The van der Waals surface area contributed by atoms with Crippen LogP contribution >= 0.6 is 0 Å². The van der Waals surface area contributed by atoms with Crippen molar-refractivity contribution in [2.24, 2.45) is 0 Å². The van der Waals surface area contributed by atoms with Gasteiger partial charge in [0.1, 0.15) is 17.5 Å². The zero-order valence-corrected chi connectivity index (χ0v) is 21.7. The predicted molar refractivity (Wildman–Crippen MR) is 147 cm³/mol. The Hall–Kier alpha value is -4.34. The molecule has 6 heteroatoms. The fraction of sp³-hybridized carbons (Fsp3) is 0.250.